The minimum atomic E-state index is -0.919. The number of rotatable bonds is 10. The van der Waals surface area contributed by atoms with E-state index in [0.717, 1.165) is 0 Å². The molecule has 2 aromatic carbocycles. The van der Waals surface area contributed by atoms with Crippen molar-refractivity contribution in [3.8, 4) is 11.3 Å². The lowest BCUT2D eigenvalue weighted by molar-refractivity contribution is 0.0954. The molecule has 2 heterocycles. The molecular weight excluding hydrogens is 566 g/mol. The van der Waals surface area contributed by atoms with Gasteiger partial charge in [-0.25, -0.2) is 23.5 Å². The number of nitrogens with zero attached hydrogens (tertiary/aromatic N) is 3. The molecule has 0 saturated heterocycles. The second-order valence-corrected chi connectivity index (χ2v) is 9.00. The fraction of sp³-hybridized carbons (Fsp3) is 0.375. The van der Waals surface area contributed by atoms with Gasteiger partial charge in [0.15, 0.2) is 23.1 Å². The summed E-state index contributed by atoms with van der Waals surface area (Å²) in [7, 11) is 0. The number of halogens is 2. The lowest BCUT2D eigenvalue weighted by atomic mass is 10.1. The van der Waals surface area contributed by atoms with E-state index in [1.54, 1.807) is 53.9 Å². The maximum Gasteiger partial charge on any atom is 0.314 e. The first-order valence-electron chi connectivity index (χ1n) is 14.5. The van der Waals surface area contributed by atoms with Gasteiger partial charge in [0.2, 0.25) is 0 Å². The van der Waals surface area contributed by atoms with Crippen LogP contribution in [0.25, 0.3) is 16.9 Å². The van der Waals surface area contributed by atoms with Crippen LogP contribution in [0.4, 0.5) is 25.1 Å². The van der Waals surface area contributed by atoms with E-state index < -0.39 is 11.6 Å². The Morgan fingerprint density at radius 1 is 0.886 bits per heavy atom. The molecule has 2 aromatic heterocycles. The van der Waals surface area contributed by atoms with Crippen LogP contribution >= 0.6 is 0 Å². The van der Waals surface area contributed by atoms with Crippen LogP contribution in [0.3, 0.4) is 0 Å². The smallest absolute Gasteiger partial charge is 0.314 e. The van der Waals surface area contributed by atoms with Crippen LogP contribution < -0.4 is 27.0 Å². The van der Waals surface area contributed by atoms with Gasteiger partial charge in [-0.3, -0.25) is 9.20 Å². The summed E-state index contributed by atoms with van der Waals surface area (Å²) >= 11 is 0. The summed E-state index contributed by atoms with van der Waals surface area (Å²) in [6, 6.07) is 9.47. The molecule has 0 bridgehead atoms. The van der Waals surface area contributed by atoms with E-state index in [2.05, 4.69) is 45.1 Å². The van der Waals surface area contributed by atoms with E-state index in [4.69, 9.17) is 5.73 Å². The van der Waals surface area contributed by atoms with Crippen molar-refractivity contribution in [3.05, 3.63) is 77.8 Å². The Morgan fingerprint density at radius 2 is 1.52 bits per heavy atom. The number of nitrogens with two attached hydrogens (primary N) is 1. The number of carbonyl (C=O) groups is 2. The van der Waals surface area contributed by atoms with Crippen molar-refractivity contribution in [1.29, 1.82) is 0 Å². The van der Waals surface area contributed by atoms with Crippen LogP contribution in [0.2, 0.25) is 0 Å². The quantitative estimate of drug-likeness (QED) is 0.138. The summed E-state index contributed by atoms with van der Waals surface area (Å²) < 4.78 is 30.8. The molecule has 4 aromatic rings. The number of benzene rings is 2. The molecule has 0 atom stereocenters. The standard InChI is InChI=1S/C26H28F2N8O2.C3H8.C2H6.CH4/c1-2-16-5-8-19(22(28)21(16)27)20-15-34-24-23(30-13-14-36(20)24)35-18-6-3-17(4-7-18)25(37)31-11-12-33-26(38)32-10-9-29;1-3-2;1-2;/h3-8,13-15H,2,9-12,29H2,1H3,(H,30,35)(H,31,37)(H2,32,33,38);3H2,1-2H3;1-2H3;1H4. The Hall–Kier alpha value is -4.58. The van der Waals surface area contributed by atoms with Crippen LogP contribution in [-0.4, -0.2) is 52.5 Å². The molecule has 6 N–H and O–H groups in total. The van der Waals surface area contributed by atoms with E-state index in [1.165, 1.54) is 18.8 Å². The van der Waals surface area contributed by atoms with Crippen LogP contribution in [0, 0.1) is 11.6 Å². The van der Waals surface area contributed by atoms with Crippen molar-refractivity contribution in [2.24, 2.45) is 5.73 Å². The highest BCUT2D eigenvalue weighted by molar-refractivity contribution is 5.94. The number of amides is 3. The van der Waals surface area contributed by atoms with Crippen LogP contribution in [0.1, 0.15) is 64.4 Å². The molecule has 240 valence electrons. The molecule has 0 aliphatic heterocycles. The molecule has 0 unspecified atom stereocenters. The van der Waals surface area contributed by atoms with Gasteiger partial charge in [0.05, 0.1) is 11.9 Å². The maximum atomic E-state index is 14.8. The van der Waals surface area contributed by atoms with E-state index in [9.17, 15) is 18.4 Å². The second kappa shape index (κ2) is 19.6. The number of fused-ring (bicyclic) bond motifs is 1. The predicted octanol–water partition coefficient (Wildman–Crippen LogP) is 6.05. The zero-order valence-corrected chi connectivity index (χ0v) is 25.4. The van der Waals surface area contributed by atoms with Crippen molar-refractivity contribution in [2.75, 3.05) is 31.5 Å². The highest BCUT2D eigenvalue weighted by Gasteiger charge is 2.18. The molecule has 4 rings (SSSR count). The van der Waals surface area contributed by atoms with Gasteiger partial charge in [0.25, 0.3) is 5.91 Å². The maximum absolute atomic E-state index is 14.8. The Bertz CT molecular complexity index is 1460. The average Bonchev–Trinajstić information content (AvgIpc) is 3.46. The number of anilines is 2. The van der Waals surface area contributed by atoms with Gasteiger partial charge in [0.1, 0.15) is 0 Å². The van der Waals surface area contributed by atoms with Crippen molar-refractivity contribution in [1.82, 2.24) is 30.3 Å². The summed E-state index contributed by atoms with van der Waals surface area (Å²) in [5.41, 5.74) is 7.63. The number of aryl methyl sites for hydroxylation is 1. The average molecular weight is 613 g/mol. The van der Waals surface area contributed by atoms with Crippen molar-refractivity contribution >= 4 is 29.1 Å². The van der Waals surface area contributed by atoms with Gasteiger partial charge in [0, 0.05) is 55.4 Å². The number of hydrogen-bond acceptors (Lipinski definition) is 6. The fourth-order valence-corrected chi connectivity index (χ4v) is 3.81. The summed E-state index contributed by atoms with van der Waals surface area (Å²) in [5.74, 6) is -1.67. The van der Waals surface area contributed by atoms with E-state index >= 15 is 0 Å². The van der Waals surface area contributed by atoms with E-state index in [0.29, 0.717) is 53.5 Å². The third-order valence-electron chi connectivity index (χ3n) is 5.78. The Kier molecular flexibility index (Phi) is 16.7. The highest BCUT2D eigenvalue weighted by atomic mass is 19.2. The van der Waals surface area contributed by atoms with Crippen molar-refractivity contribution in [2.45, 2.75) is 54.9 Å². The van der Waals surface area contributed by atoms with Gasteiger partial charge in [-0.15, -0.1) is 0 Å². The molecule has 0 fully saturated rings. The number of imidazole rings is 1. The number of urea groups is 1. The minimum Gasteiger partial charge on any atom is -0.350 e. The predicted molar refractivity (Wildman–Crippen MR) is 174 cm³/mol. The number of hydrogen-bond donors (Lipinski definition) is 5. The Labute approximate surface area is 258 Å². The highest BCUT2D eigenvalue weighted by Crippen LogP contribution is 2.29. The minimum absolute atomic E-state index is 0. The molecule has 44 heavy (non-hydrogen) atoms. The molecule has 12 heteroatoms. The van der Waals surface area contributed by atoms with Gasteiger partial charge in [-0.1, -0.05) is 54.5 Å². The van der Waals surface area contributed by atoms with E-state index in [1.807, 2.05) is 13.8 Å². The third-order valence-corrected chi connectivity index (χ3v) is 5.78. The number of nitrogens with one attached hydrogen (secondary N) is 4. The molecule has 10 nitrogen and oxygen atoms in total. The summed E-state index contributed by atoms with van der Waals surface area (Å²) in [4.78, 5) is 32.5. The summed E-state index contributed by atoms with van der Waals surface area (Å²) in [6.07, 6.45) is 6.26. The first kappa shape index (κ1) is 37.4. The van der Waals surface area contributed by atoms with Crippen molar-refractivity contribution < 1.29 is 18.4 Å². The van der Waals surface area contributed by atoms with Gasteiger partial charge >= 0.3 is 6.03 Å². The zero-order valence-electron chi connectivity index (χ0n) is 25.4. The SMILES string of the molecule is C.CC.CCC.CCc1ccc(-c2cnc3c(Nc4ccc(C(=O)NCCNC(=O)NCCN)cc4)nccn23)c(F)c1F. The molecule has 0 spiro atoms. The number of carbonyl (C=O) groups excluding carboxylic acids is 2. The molecule has 0 saturated carbocycles. The van der Waals surface area contributed by atoms with Gasteiger partial charge in [-0.05, 0) is 42.3 Å². The fourth-order valence-electron chi connectivity index (χ4n) is 3.81. The largest absolute Gasteiger partial charge is 0.350 e. The molecular formula is C32H46F2N8O2. The summed E-state index contributed by atoms with van der Waals surface area (Å²) in [5, 5.41) is 11.1. The molecule has 3 amide bonds. The number of aromatic nitrogens is 3. The van der Waals surface area contributed by atoms with Crippen molar-refractivity contribution in [3.63, 3.8) is 0 Å². The lowest BCUT2D eigenvalue weighted by Crippen LogP contribution is -2.41. The topological polar surface area (TPSA) is 138 Å². The molecule has 0 aliphatic rings. The Balaban J connectivity index is 0.00000152. The second-order valence-electron chi connectivity index (χ2n) is 9.00. The monoisotopic (exact) mass is 612 g/mol. The van der Waals surface area contributed by atoms with Crippen LogP contribution in [-0.2, 0) is 6.42 Å². The normalized spacial score (nSPS) is 9.91. The van der Waals surface area contributed by atoms with Gasteiger partial charge < -0.3 is 27.0 Å². The third kappa shape index (κ3) is 10.0. The zero-order chi connectivity index (χ0) is 31.8. The summed E-state index contributed by atoms with van der Waals surface area (Å²) in [6.45, 7) is 11.3. The lowest BCUT2D eigenvalue weighted by Gasteiger charge is -2.10. The molecule has 0 radical (unpaired) electrons. The van der Waals surface area contributed by atoms with Crippen LogP contribution in [0.15, 0.2) is 55.0 Å². The van der Waals surface area contributed by atoms with E-state index in [-0.39, 0.29) is 38.0 Å². The van der Waals surface area contributed by atoms with Gasteiger partial charge in [-0.2, -0.15) is 0 Å². The Morgan fingerprint density at radius 3 is 2.16 bits per heavy atom. The first-order valence-corrected chi connectivity index (χ1v) is 14.5. The molecule has 0 aliphatic carbocycles. The van der Waals surface area contributed by atoms with Crippen LogP contribution in [0.5, 0.6) is 0 Å². The first-order chi connectivity index (χ1) is 20.8.